The molecule has 0 saturated heterocycles. The van der Waals surface area contributed by atoms with E-state index >= 15 is 0 Å². The Balaban J connectivity index is 1.74. The van der Waals surface area contributed by atoms with Gasteiger partial charge in [-0.15, -0.1) is 10.2 Å². The lowest BCUT2D eigenvalue weighted by Gasteiger charge is -2.07. The number of carbonyl (C=O) groups excluding carboxylic acids is 2. The Bertz CT molecular complexity index is 1520. The summed E-state index contributed by atoms with van der Waals surface area (Å²) in [5, 5.41) is 13.1. The van der Waals surface area contributed by atoms with Gasteiger partial charge >= 0.3 is 11.9 Å². The molecular weight excluding hydrogens is 436 g/mol. The predicted octanol–water partition coefficient (Wildman–Crippen LogP) is 3.37. The highest BCUT2D eigenvalue weighted by atomic mass is 16.5. The van der Waals surface area contributed by atoms with E-state index < -0.39 is 11.9 Å². The van der Waals surface area contributed by atoms with Crippen LogP contribution in [0.3, 0.4) is 0 Å². The van der Waals surface area contributed by atoms with E-state index in [1.807, 2.05) is 54.6 Å². The van der Waals surface area contributed by atoms with Crippen LogP contribution in [0.2, 0.25) is 0 Å². The van der Waals surface area contributed by atoms with Crippen molar-refractivity contribution in [1.29, 1.82) is 0 Å². The summed E-state index contributed by atoms with van der Waals surface area (Å²) in [6, 6.07) is 18.6. The number of esters is 2. The highest BCUT2D eigenvalue weighted by Gasteiger charge is 2.23. The summed E-state index contributed by atoms with van der Waals surface area (Å²) in [6.45, 7) is 3.32. The number of fused-ring (bicyclic) bond motifs is 3. The van der Waals surface area contributed by atoms with Crippen LogP contribution in [-0.4, -0.2) is 47.9 Å². The van der Waals surface area contributed by atoms with Crippen molar-refractivity contribution in [2.45, 2.75) is 20.5 Å². The molecule has 10 heteroatoms. The normalized spacial score (nSPS) is 11.1. The minimum absolute atomic E-state index is 0.0296. The minimum atomic E-state index is -0.581. The Morgan fingerprint density at radius 2 is 1.74 bits per heavy atom. The molecule has 5 rings (SSSR count). The highest BCUT2D eigenvalue weighted by Crippen LogP contribution is 2.28. The topological polar surface area (TPSA) is 114 Å². The van der Waals surface area contributed by atoms with Crippen LogP contribution in [0.1, 0.15) is 30.2 Å². The predicted molar refractivity (Wildman–Crippen MR) is 122 cm³/mol. The molecule has 0 aliphatic heterocycles. The first kappa shape index (κ1) is 21.3. The Morgan fingerprint density at radius 1 is 0.971 bits per heavy atom. The summed E-state index contributed by atoms with van der Waals surface area (Å²) in [4.78, 5) is 28.8. The van der Waals surface area contributed by atoms with Crippen molar-refractivity contribution < 1.29 is 19.1 Å². The quantitative estimate of drug-likeness (QED) is 0.357. The van der Waals surface area contributed by atoms with Gasteiger partial charge in [0.1, 0.15) is 18.0 Å². The number of rotatable bonds is 6. The highest BCUT2D eigenvalue weighted by molar-refractivity contribution is 5.92. The Hall–Kier alpha value is -4.60. The molecule has 0 radical (unpaired) electrons. The van der Waals surface area contributed by atoms with E-state index in [1.54, 1.807) is 22.1 Å². The lowest BCUT2D eigenvalue weighted by molar-refractivity contribution is -0.142. The molecule has 3 aromatic heterocycles. The molecule has 0 saturated carbocycles. The molecule has 5 aromatic rings. The van der Waals surface area contributed by atoms with Crippen molar-refractivity contribution in [3.05, 3.63) is 72.2 Å². The van der Waals surface area contributed by atoms with Crippen molar-refractivity contribution in [1.82, 2.24) is 29.4 Å². The van der Waals surface area contributed by atoms with Gasteiger partial charge in [0.05, 0.1) is 29.0 Å². The zero-order valence-corrected chi connectivity index (χ0v) is 18.5. The van der Waals surface area contributed by atoms with Crippen LogP contribution >= 0.6 is 0 Å². The van der Waals surface area contributed by atoms with Gasteiger partial charge in [0, 0.05) is 6.92 Å². The van der Waals surface area contributed by atoms with Gasteiger partial charge in [0.25, 0.3) is 0 Å². The second-order valence-corrected chi connectivity index (χ2v) is 7.40. The third kappa shape index (κ3) is 3.75. The fourth-order valence-corrected chi connectivity index (χ4v) is 3.69. The summed E-state index contributed by atoms with van der Waals surface area (Å²) in [5.74, 6) is -0.924. The molecule has 0 amide bonds. The van der Waals surface area contributed by atoms with Crippen LogP contribution in [0.15, 0.2) is 60.7 Å². The van der Waals surface area contributed by atoms with Gasteiger partial charge in [-0.3, -0.25) is 9.20 Å². The zero-order chi connectivity index (χ0) is 23.7. The van der Waals surface area contributed by atoms with E-state index in [0.717, 1.165) is 5.69 Å². The van der Waals surface area contributed by atoms with Gasteiger partial charge in [0.2, 0.25) is 5.82 Å². The average Bonchev–Trinajstić information content (AvgIpc) is 3.48. The fourth-order valence-electron chi connectivity index (χ4n) is 3.69. The number of hydrogen-bond donors (Lipinski definition) is 0. The molecule has 0 fully saturated rings. The molecule has 0 atom stereocenters. The molecule has 0 aliphatic rings. The lowest BCUT2D eigenvalue weighted by atomic mass is 10.2. The van der Waals surface area contributed by atoms with Crippen LogP contribution in [0.4, 0.5) is 0 Å². The molecule has 10 nitrogen and oxygen atoms in total. The number of ether oxygens (including phenoxy) is 2. The number of aromatic nitrogens is 6. The van der Waals surface area contributed by atoms with E-state index in [-0.39, 0.29) is 19.0 Å². The maximum atomic E-state index is 12.6. The third-order valence-corrected chi connectivity index (χ3v) is 5.14. The maximum absolute atomic E-state index is 12.6. The lowest BCUT2D eigenvalue weighted by Crippen LogP contribution is -2.10. The standard InChI is InChI=1S/C24H20N6O4/c1-3-33-24(32)23-27-26-22-21(25-18-11-7-8-12-20(18)29(22)23)19-13-17(14-34-15(2)31)30(28-19)16-9-5-4-6-10-16/h4-13H,3,14H2,1-2H3. The van der Waals surface area contributed by atoms with Crippen molar-refractivity contribution in [2.24, 2.45) is 0 Å². The van der Waals surface area contributed by atoms with Gasteiger partial charge in [0.15, 0.2) is 5.65 Å². The molecule has 0 aliphatic carbocycles. The van der Waals surface area contributed by atoms with Crippen LogP contribution < -0.4 is 0 Å². The van der Waals surface area contributed by atoms with Gasteiger partial charge in [-0.25, -0.2) is 14.5 Å². The molecule has 0 spiro atoms. The zero-order valence-electron chi connectivity index (χ0n) is 18.5. The van der Waals surface area contributed by atoms with Gasteiger partial charge in [-0.05, 0) is 37.3 Å². The van der Waals surface area contributed by atoms with Gasteiger partial charge < -0.3 is 9.47 Å². The summed E-state index contributed by atoms with van der Waals surface area (Å²) in [7, 11) is 0. The first-order valence-corrected chi connectivity index (χ1v) is 10.7. The monoisotopic (exact) mass is 456 g/mol. The number of para-hydroxylation sites is 3. The van der Waals surface area contributed by atoms with Crippen LogP contribution in [0, 0.1) is 0 Å². The average molecular weight is 456 g/mol. The maximum Gasteiger partial charge on any atom is 0.376 e. The van der Waals surface area contributed by atoms with E-state index in [2.05, 4.69) is 10.2 Å². The Kier molecular flexibility index (Phi) is 5.46. The molecule has 0 N–H and O–H groups in total. The number of carbonyl (C=O) groups is 2. The minimum Gasteiger partial charge on any atom is -0.460 e. The number of benzene rings is 2. The van der Waals surface area contributed by atoms with Crippen LogP contribution in [0.5, 0.6) is 0 Å². The molecule has 170 valence electrons. The van der Waals surface area contributed by atoms with E-state index in [0.29, 0.717) is 33.8 Å². The van der Waals surface area contributed by atoms with Crippen molar-refractivity contribution in [2.75, 3.05) is 6.61 Å². The largest absolute Gasteiger partial charge is 0.460 e. The number of hydrogen-bond acceptors (Lipinski definition) is 8. The van der Waals surface area contributed by atoms with Crippen molar-refractivity contribution in [3.63, 3.8) is 0 Å². The molecular formula is C24H20N6O4. The summed E-state index contributed by atoms with van der Waals surface area (Å²) < 4.78 is 13.7. The van der Waals surface area contributed by atoms with Crippen molar-refractivity contribution in [3.8, 4) is 17.1 Å². The summed E-state index contributed by atoms with van der Waals surface area (Å²) >= 11 is 0. The van der Waals surface area contributed by atoms with Crippen molar-refractivity contribution >= 4 is 28.6 Å². The second-order valence-electron chi connectivity index (χ2n) is 7.40. The van der Waals surface area contributed by atoms with E-state index in [4.69, 9.17) is 19.6 Å². The molecule has 2 aromatic carbocycles. The van der Waals surface area contributed by atoms with Gasteiger partial charge in [-0.2, -0.15) is 5.10 Å². The molecule has 0 bridgehead atoms. The smallest absolute Gasteiger partial charge is 0.376 e. The molecule has 0 unspecified atom stereocenters. The van der Waals surface area contributed by atoms with Crippen LogP contribution in [-0.2, 0) is 20.9 Å². The summed E-state index contributed by atoms with van der Waals surface area (Å²) in [6.07, 6.45) is 0. The fraction of sp³-hybridized carbons (Fsp3) is 0.167. The Morgan fingerprint density at radius 3 is 2.50 bits per heavy atom. The van der Waals surface area contributed by atoms with E-state index in [9.17, 15) is 9.59 Å². The van der Waals surface area contributed by atoms with E-state index in [1.165, 1.54) is 6.92 Å². The Labute approximate surface area is 193 Å². The SMILES string of the molecule is CCOC(=O)c1nnc2c(-c3cc(COC(C)=O)n(-c4ccccc4)n3)nc3ccccc3n12. The molecule has 34 heavy (non-hydrogen) atoms. The van der Waals surface area contributed by atoms with Crippen LogP contribution in [0.25, 0.3) is 33.8 Å². The molecule has 3 heterocycles. The van der Waals surface area contributed by atoms with Gasteiger partial charge in [-0.1, -0.05) is 30.3 Å². The number of nitrogens with zero attached hydrogens (tertiary/aromatic N) is 6. The first-order chi connectivity index (χ1) is 16.6. The summed E-state index contributed by atoms with van der Waals surface area (Å²) in [5.41, 5.74) is 4.02. The second kappa shape index (κ2) is 8.74. The third-order valence-electron chi connectivity index (χ3n) is 5.14. The first-order valence-electron chi connectivity index (χ1n) is 10.7.